The van der Waals surface area contributed by atoms with E-state index >= 15 is 0 Å². The lowest BCUT2D eigenvalue weighted by atomic mass is 10.1. The van der Waals surface area contributed by atoms with Gasteiger partial charge in [0.05, 0.1) is 66.1 Å². The largest absolute Gasteiger partial charge is 0.492 e. The van der Waals surface area contributed by atoms with Gasteiger partial charge < -0.3 is 29.2 Å². The first-order chi connectivity index (χ1) is 23.4. The van der Waals surface area contributed by atoms with Crippen LogP contribution in [0.4, 0.5) is 14.5 Å². The van der Waals surface area contributed by atoms with E-state index in [0.717, 1.165) is 5.56 Å². The van der Waals surface area contributed by atoms with Crippen molar-refractivity contribution in [1.29, 1.82) is 0 Å². The van der Waals surface area contributed by atoms with E-state index in [1.165, 1.54) is 58.8 Å². The van der Waals surface area contributed by atoms with Crippen molar-refractivity contribution in [3.8, 4) is 34.0 Å². The van der Waals surface area contributed by atoms with Gasteiger partial charge in [0.15, 0.2) is 34.5 Å². The smallest absolute Gasteiger partial charge is 0.358 e. The molecule has 0 saturated heterocycles. The fraction of sp³-hybridized carbons (Fsp3) is 0.176. The minimum Gasteiger partial charge on any atom is -0.492 e. The van der Waals surface area contributed by atoms with Crippen LogP contribution in [0.2, 0.25) is 15.1 Å². The SMILES string of the molecule is C=CCNc1cc(-c2ccc(Cl)c(OC)c2F)nc(C(=O)OC)c1Cl.COC(=O)c1nc(-c2ccc(Cl)c(OC)c2F)cc2[nH]cc(C)c12. The molecule has 2 aromatic carbocycles. The Kier molecular flexibility index (Phi) is 12.0. The summed E-state index contributed by atoms with van der Waals surface area (Å²) >= 11 is 18.0. The molecular formula is C34H29Cl3F2N4O6. The van der Waals surface area contributed by atoms with Gasteiger partial charge in [0.25, 0.3) is 0 Å². The minimum absolute atomic E-state index is 0.0683. The Morgan fingerprint density at radius 1 is 0.857 bits per heavy atom. The predicted octanol–water partition coefficient (Wildman–Crippen LogP) is 8.71. The lowest BCUT2D eigenvalue weighted by Crippen LogP contribution is -2.10. The van der Waals surface area contributed by atoms with Crippen molar-refractivity contribution in [2.75, 3.05) is 40.3 Å². The Labute approximate surface area is 294 Å². The number of H-pyrrole nitrogens is 1. The van der Waals surface area contributed by atoms with Gasteiger partial charge in [-0.05, 0) is 48.9 Å². The van der Waals surface area contributed by atoms with Crippen molar-refractivity contribution in [1.82, 2.24) is 15.0 Å². The molecule has 0 saturated carbocycles. The normalized spacial score (nSPS) is 10.6. The fourth-order valence-electron chi connectivity index (χ4n) is 4.74. The highest BCUT2D eigenvalue weighted by atomic mass is 35.5. The number of nitrogens with one attached hydrogen (secondary N) is 2. The van der Waals surface area contributed by atoms with Crippen molar-refractivity contribution in [2.24, 2.45) is 0 Å². The number of esters is 2. The molecule has 3 aromatic heterocycles. The Morgan fingerprint density at radius 2 is 1.37 bits per heavy atom. The van der Waals surface area contributed by atoms with Gasteiger partial charge in [0, 0.05) is 29.3 Å². The molecule has 0 radical (unpaired) electrons. The fourth-order valence-corrected chi connectivity index (χ4v) is 5.43. The number of ether oxygens (including phenoxy) is 4. The molecule has 5 rings (SSSR count). The first-order valence-corrected chi connectivity index (χ1v) is 15.3. The van der Waals surface area contributed by atoms with Gasteiger partial charge in [0.1, 0.15) is 0 Å². The number of benzene rings is 2. The van der Waals surface area contributed by atoms with Crippen molar-refractivity contribution >= 4 is 63.3 Å². The lowest BCUT2D eigenvalue weighted by Gasteiger charge is -2.14. The molecule has 0 bridgehead atoms. The van der Waals surface area contributed by atoms with Crippen LogP contribution >= 0.6 is 34.8 Å². The number of fused-ring (bicyclic) bond motifs is 1. The molecule has 256 valence electrons. The number of nitrogens with zero attached hydrogens (tertiary/aromatic N) is 2. The molecule has 0 amide bonds. The Morgan fingerprint density at radius 3 is 1.88 bits per heavy atom. The molecule has 0 aliphatic heterocycles. The highest BCUT2D eigenvalue weighted by Crippen LogP contribution is 2.38. The lowest BCUT2D eigenvalue weighted by molar-refractivity contribution is 0.0586. The standard InChI is InChI=1S/C17H15Cl2FN2O3.C17H14ClFN2O3/c1-4-7-21-12-8-11(22-15(13(12)19)17(23)25-3)9-5-6-10(18)16(24-2)14(9)20;1-8-7-20-12-6-11(21-15(13(8)12)17(22)24-3)9-4-5-10(18)16(23-2)14(9)19/h4-6,8H,1,7H2,2-3H3,(H,21,22);4-7,20H,1-3H3. The van der Waals surface area contributed by atoms with Crippen LogP contribution in [0.1, 0.15) is 26.5 Å². The van der Waals surface area contributed by atoms with Crippen LogP contribution < -0.4 is 14.8 Å². The van der Waals surface area contributed by atoms with Crippen molar-refractivity contribution in [2.45, 2.75) is 6.92 Å². The number of aromatic nitrogens is 3. The molecule has 0 atom stereocenters. The van der Waals surface area contributed by atoms with Gasteiger partial charge in [0.2, 0.25) is 0 Å². The first kappa shape index (κ1) is 36.9. The van der Waals surface area contributed by atoms with E-state index in [-0.39, 0.29) is 60.5 Å². The molecule has 2 N–H and O–H groups in total. The number of rotatable bonds is 9. The number of hydrogen-bond donors (Lipinski definition) is 2. The predicted molar refractivity (Wildman–Crippen MR) is 185 cm³/mol. The van der Waals surface area contributed by atoms with Gasteiger partial charge in [-0.1, -0.05) is 40.9 Å². The van der Waals surface area contributed by atoms with Crippen LogP contribution in [-0.2, 0) is 9.47 Å². The highest BCUT2D eigenvalue weighted by Gasteiger charge is 2.23. The van der Waals surface area contributed by atoms with Gasteiger partial charge in [-0.25, -0.2) is 28.3 Å². The molecule has 10 nitrogen and oxygen atoms in total. The summed E-state index contributed by atoms with van der Waals surface area (Å²) in [6, 6.07) is 9.11. The summed E-state index contributed by atoms with van der Waals surface area (Å²) in [5, 5.41) is 3.97. The van der Waals surface area contributed by atoms with E-state index in [0.29, 0.717) is 23.1 Å². The molecule has 0 spiro atoms. The number of methoxy groups -OCH3 is 4. The Hall–Kier alpha value is -4.91. The molecule has 0 aliphatic carbocycles. The highest BCUT2D eigenvalue weighted by molar-refractivity contribution is 6.36. The quantitative estimate of drug-likeness (QED) is 0.113. The molecule has 0 unspecified atom stereocenters. The number of pyridine rings is 2. The molecule has 0 fully saturated rings. The summed E-state index contributed by atoms with van der Waals surface area (Å²) in [6.07, 6.45) is 3.36. The molecule has 3 heterocycles. The third-order valence-electron chi connectivity index (χ3n) is 7.07. The second kappa shape index (κ2) is 16.0. The maximum absolute atomic E-state index is 14.7. The van der Waals surface area contributed by atoms with Crippen LogP contribution in [-0.4, -0.2) is 61.9 Å². The second-order valence-electron chi connectivity index (χ2n) is 10.0. The zero-order valence-electron chi connectivity index (χ0n) is 26.8. The van der Waals surface area contributed by atoms with Crippen LogP contribution in [0.5, 0.6) is 11.5 Å². The Balaban J connectivity index is 0.000000221. The van der Waals surface area contributed by atoms with Crippen LogP contribution in [0.15, 0.2) is 55.3 Å². The summed E-state index contributed by atoms with van der Waals surface area (Å²) in [6.45, 7) is 5.83. The van der Waals surface area contributed by atoms with E-state index < -0.39 is 23.6 Å². The van der Waals surface area contributed by atoms with Crippen LogP contribution in [0.25, 0.3) is 33.4 Å². The topological polar surface area (TPSA) is 125 Å². The van der Waals surface area contributed by atoms with E-state index in [1.807, 2.05) is 6.92 Å². The van der Waals surface area contributed by atoms with Gasteiger partial charge in [-0.2, -0.15) is 0 Å². The zero-order chi connectivity index (χ0) is 36.0. The number of anilines is 1. The van der Waals surface area contributed by atoms with E-state index in [4.69, 9.17) is 49.0 Å². The number of hydrogen-bond acceptors (Lipinski definition) is 9. The minimum atomic E-state index is -0.741. The van der Waals surface area contributed by atoms with Crippen molar-refractivity contribution in [3.05, 3.63) is 98.9 Å². The first-order valence-electron chi connectivity index (χ1n) is 14.2. The van der Waals surface area contributed by atoms with Gasteiger partial charge >= 0.3 is 11.9 Å². The molecular weight excluding hydrogens is 705 g/mol. The van der Waals surface area contributed by atoms with Crippen LogP contribution in [0.3, 0.4) is 0 Å². The number of aryl methyl sites for hydroxylation is 1. The average Bonchev–Trinajstić information content (AvgIpc) is 3.47. The zero-order valence-corrected chi connectivity index (χ0v) is 29.0. The summed E-state index contributed by atoms with van der Waals surface area (Å²) in [5.41, 5.74) is 2.60. The van der Waals surface area contributed by atoms with Gasteiger partial charge in [-0.3, -0.25) is 0 Å². The summed E-state index contributed by atoms with van der Waals surface area (Å²) in [4.78, 5) is 35.5. The number of carbonyl (C=O) groups is 2. The maximum Gasteiger partial charge on any atom is 0.358 e. The summed E-state index contributed by atoms with van der Waals surface area (Å²) in [5.74, 6) is -2.86. The molecule has 49 heavy (non-hydrogen) atoms. The number of halogens is 5. The molecule has 5 aromatic rings. The second-order valence-corrected chi connectivity index (χ2v) is 11.2. The monoisotopic (exact) mass is 732 g/mol. The van der Waals surface area contributed by atoms with E-state index in [9.17, 15) is 18.4 Å². The third-order valence-corrected chi connectivity index (χ3v) is 8.05. The van der Waals surface area contributed by atoms with E-state index in [1.54, 1.807) is 18.3 Å². The number of aromatic amines is 1. The van der Waals surface area contributed by atoms with Crippen LogP contribution in [0, 0.1) is 18.6 Å². The molecule has 0 aliphatic rings. The van der Waals surface area contributed by atoms with Gasteiger partial charge in [-0.15, -0.1) is 6.58 Å². The maximum atomic E-state index is 14.7. The molecule has 15 heteroatoms. The number of carbonyl (C=O) groups excluding carboxylic acids is 2. The Bertz CT molecular complexity index is 2070. The third kappa shape index (κ3) is 7.56. The van der Waals surface area contributed by atoms with Crippen molar-refractivity contribution < 1.29 is 37.3 Å². The summed E-state index contributed by atoms with van der Waals surface area (Å²) < 4.78 is 48.8. The van der Waals surface area contributed by atoms with Crippen molar-refractivity contribution in [3.63, 3.8) is 0 Å². The average molecular weight is 734 g/mol. The van der Waals surface area contributed by atoms with E-state index in [2.05, 4.69) is 31.6 Å². The summed E-state index contributed by atoms with van der Waals surface area (Å²) in [7, 11) is 5.12.